The number of benzene rings is 1. The number of unbranched alkanes of at least 4 members (excludes halogenated alkanes) is 1. The summed E-state index contributed by atoms with van der Waals surface area (Å²) >= 11 is 5.37. The lowest BCUT2D eigenvalue weighted by Crippen LogP contribution is -2.58. The van der Waals surface area contributed by atoms with E-state index in [1.165, 1.54) is 0 Å². The average molecular weight is 620 g/mol. The van der Waals surface area contributed by atoms with Gasteiger partial charge in [-0.15, -0.1) is 24.9 Å². The molecule has 0 aliphatic carbocycles. The number of rotatable bonds is 13. The number of nitrogens with zero attached hydrogens (tertiary/aromatic N) is 2. The first-order valence-electron chi connectivity index (χ1n) is 13.7. The first-order chi connectivity index (χ1) is 18.7. The van der Waals surface area contributed by atoms with E-state index in [0.717, 1.165) is 12.0 Å². The van der Waals surface area contributed by atoms with Crippen LogP contribution < -0.4 is 0 Å². The number of halogens is 1. The Morgan fingerprint density at radius 3 is 2.62 bits per heavy atom. The van der Waals surface area contributed by atoms with Gasteiger partial charge in [0.1, 0.15) is 6.04 Å². The number of alkyl halides is 1. The molecule has 3 aliphatic heterocycles. The van der Waals surface area contributed by atoms with Gasteiger partial charge < -0.3 is 19.6 Å². The fraction of sp³-hybridized carbons (Fsp3) is 0.567. The monoisotopic (exact) mass is 618 g/mol. The summed E-state index contributed by atoms with van der Waals surface area (Å²) in [6.07, 6.45) is 5.46. The maximum absolute atomic E-state index is 14.5. The molecule has 7 atom stereocenters. The molecule has 0 radical (unpaired) electrons. The molecule has 3 saturated heterocycles. The number of carbonyl (C=O) groups excluding carboxylic acids is 3. The molecular weight excluding hydrogens is 580 g/mol. The van der Waals surface area contributed by atoms with Crippen molar-refractivity contribution in [1.29, 1.82) is 0 Å². The Labute approximate surface area is 244 Å². The lowest BCUT2D eigenvalue weighted by molar-refractivity contribution is -0.154. The lowest BCUT2D eigenvalue weighted by Gasteiger charge is -2.41. The van der Waals surface area contributed by atoms with Crippen molar-refractivity contribution < 1.29 is 24.2 Å². The number of hydrogen-bond donors (Lipinski definition) is 1. The minimum Gasteiger partial charge on any atom is -0.465 e. The topological polar surface area (TPSA) is 87.1 Å². The fourth-order valence-electron chi connectivity index (χ4n) is 6.46. The van der Waals surface area contributed by atoms with Gasteiger partial charge in [-0.1, -0.05) is 72.3 Å². The van der Waals surface area contributed by atoms with Crippen molar-refractivity contribution in [3.8, 4) is 0 Å². The minimum absolute atomic E-state index is 0.0406. The van der Waals surface area contributed by atoms with Crippen molar-refractivity contribution in [2.45, 2.75) is 66.6 Å². The average Bonchev–Trinajstić information content (AvgIpc) is 3.50. The van der Waals surface area contributed by atoms with E-state index >= 15 is 0 Å². The Bertz CT molecular complexity index is 1080. The van der Waals surface area contributed by atoms with E-state index in [2.05, 4.69) is 29.1 Å². The van der Waals surface area contributed by atoms with E-state index in [4.69, 9.17) is 4.74 Å². The van der Waals surface area contributed by atoms with Crippen LogP contribution in [-0.4, -0.2) is 79.4 Å². The van der Waals surface area contributed by atoms with Crippen LogP contribution in [0.25, 0.3) is 0 Å². The summed E-state index contributed by atoms with van der Waals surface area (Å²) in [4.78, 5) is 45.6. The summed E-state index contributed by atoms with van der Waals surface area (Å²) in [5, 5.41) is 10.3. The summed E-state index contributed by atoms with van der Waals surface area (Å²) in [5.74, 6) is -2.22. The number of carbonyl (C=O) groups is 3. The number of hydrogen-bond acceptors (Lipinski definition) is 6. The normalized spacial score (nSPS) is 29.8. The molecule has 3 heterocycles. The van der Waals surface area contributed by atoms with Crippen molar-refractivity contribution in [3.63, 3.8) is 0 Å². The van der Waals surface area contributed by atoms with E-state index in [1.54, 1.807) is 33.7 Å². The molecule has 212 valence electrons. The zero-order chi connectivity index (χ0) is 28.3. The fourth-order valence-corrected chi connectivity index (χ4v) is 10.0. The Balaban J connectivity index is 1.74. The highest BCUT2D eigenvalue weighted by molar-refractivity contribution is 9.09. The Morgan fingerprint density at radius 2 is 2.00 bits per heavy atom. The highest BCUT2D eigenvalue weighted by Gasteiger charge is 2.76. The van der Waals surface area contributed by atoms with Crippen LogP contribution in [-0.2, 0) is 25.7 Å². The maximum Gasteiger partial charge on any atom is 0.310 e. The van der Waals surface area contributed by atoms with Crippen molar-refractivity contribution in [2.24, 2.45) is 17.8 Å². The second-order valence-electron chi connectivity index (χ2n) is 11.0. The van der Waals surface area contributed by atoms with Crippen LogP contribution in [0.2, 0.25) is 0 Å². The molecule has 1 spiro atoms. The molecule has 1 aromatic rings. The largest absolute Gasteiger partial charge is 0.465 e. The van der Waals surface area contributed by atoms with Gasteiger partial charge >= 0.3 is 5.97 Å². The Hall–Kier alpha value is -2.10. The molecule has 39 heavy (non-hydrogen) atoms. The molecule has 4 rings (SSSR count). The highest BCUT2D eigenvalue weighted by Crippen LogP contribution is 2.68. The second-order valence-corrected chi connectivity index (χ2v) is 13.7. The van der Waals surface area contributed by atoms with E-state index < -0.39 is 28.7 Å². The van der Waals surface area contributed by atoms with Crippen LogP contribution in [0.3, 0.4) is 0 Å². The summed E-state index contributed by atoms with van der Waals surface area (Å²) in [5.41, 5.74) is 0.975. The van der Waals surface area contributed by atoms with Gasteiger partial charge in [-0.2, -0.15) is 0 Å². The van der Waals surface area contributed by atoms with E-state index in [-0.39, 0.29) is 47.0 Å². The summed E-state index contributed by atoms with van der Waals surface area (Å²) in [7, 11) is 0. The molecule has 3 aliphatic rings. The third-order valence-electron chi connectivity index (χ3n) is 8.22. The molecule has 9 heteroatoms. The zero-order valence-corrected chi connectivity index (χ0v) is 25.1. The predicted octanol–water partition coefficient (Wildman–Crippen LogP) is 4.19. The molecule has 0 saturated carbocycles. The van der Waals surface area contributed by atoms with Crippen molar-refractivity contribution in [1.82, 2.24) is 9.80 Å². The van der Waals surface area contributed by atoms with Crippen LogP contribution in [0.1, 0.15) is 38.7 Å². The third-order valence-corrected chi connectivity index (χ3v) is 11.4. The number of aliphatic hydroxyl groups excluding tert-OH is 1. The minimum atomic E-state index is -0.813. The van der Waals surface area contributed by atoms with Gasteiger partial charge in [-0.05, 0) is 30.7 Å². The molecule has 2 amide bonds. The number of ether oxygens (including phenoxy) is 1. The summed E-state index contributed by atoms with van der Waals surface area (Å²) in [6.45, 7) is 12.2. The van der Waals surface area contributed by atoms with E-state index in [0.29, 0.717) is 25.9 Å². The molecule has 7 nitrogen and oxygen atoms in total. The lowest BCUT2D eigenvalue weighted by atomic mass is 9.71. The number of likely N-dealkylation sites (tertiary alicyclic amines) is 1. The van der Waals surface area contributed by atoms with Crippen molar-refractivity contribution >= 4 is 45.5 Å². The smallest absolute Gasteiger partial charge is 0.310 e. The number of amides is 2. The Morgan fingerprint density at radius 1 is 1.28 bits per heavy atom. The standard InChI is InChI=1S/C30H39BrN2O5S/c1-5-7-11-15-38-29(37)23-24-27(35)33(22(18-34)19(3)4)26(30(24)16-21(31)25(23)39-30)28(36)32(14-6-2)17-20-12-9-8-10-13-20/h5-6,8-10,12-13,19,21-26,34H,1-2,7,11,14-18H2,3-4H3/t21?,22-,23-,24-,25-,26?,30?/m0/s1. The van der Waals surface area contributed by atoms with Gasteiger partial charge in [0, 0.05) is 23.2 Å². The van der Waals surface area contributed by atoms with Crippen LogP contribution in [0.5, 0.6) is 0 Å². The van der Waals surface area contributed by atoms with E-state index in [1.807, 2.05) is 44.2 Å². The van der Waals surface area contributed by atoms with Crippen LogP contribution in [0.15, 0.2) is 55.6 Å². The van der Waals surface area contributed by atoms with Gasteiger partial charge in [-0.25, -0.2) is 0 Å². The summed E-state index contributed by atoms with van der Waals surface area (Å²) in [6, 6.07) is 8.37. The highest BCUT2D eigenvalue weighted by atomic mass is 79.9. The number of thioether (sulfide) groups is 1. The van der Waals surface area contributed by atoms with Crippen LogP contribution >= 0.6 is 27.7 Å². The molecule has 1 N–H and O–H groups in total. The van der Waals surface area contributed by atoms with Gasteiger partial charge in [0.25, 0.3) is 0 Å². The quantitative estimate of drug-likeness (QED) is 0.154. The number of aliphatic hydroxyl groups is 1. The molecule has 0 aromatic heterocycles. The van der Waals surface area contributed by atoms with Gasteiger partial charge in [-0.3, -0.25) is 14.4 Å². The van der Waals surface area contributed by atoms with Gasteiger partial charge in [0.15, 0.2) is 0 Å². The predicted molar refractivity (Wildman–Crippen MR) is 157 cm³/mol. The van der Waals surface area contributed by atoms with Gasteiger partial charge in [0.2, 0.25) is 11.8 Å². The van der Waals surface area contributed by atoms with Gasteiger partial charge in [0.05, 0.1) is 35.8 Å². The van der Waals surface area contributed by atoms with E-state index in [9.17, 15) is 19.5 Å². The molecule has 3 fully saturated rings. The molecular formula is C30H39BrN2O5S. The molecule has 1 aromatic carbocycles. The van der Waals surface area contributed by atoms with Crippen LogP contribution in [0, 0.1) is 17.8 Å². The first kappa shape index (κ1) is 29.9. The molecule has 2 bridgehead atoms. The first-order valence-corrected chi connectivity index (χ1v) is 15.5. The van der Waals surface area contributed by atoms with Crippen molar-refractivity contribution in [3.05, 3.63) is 61.2 Å². The SMILES string of the molecule is C=CCCCOC(=O)[C@H]1[C@H]2C(=O)N([C@@H](CO)C(C)C)C(C(=O)N(CC=C)Cc3ccccc3)C23CC(Br)[C@@H]1S3. The number of esters is 1. The van der Waals surface area contributed by atoms with Crippen LogP contribution in [0.4, 0.5) is 0 Å². The van der Waals surface area contributed by atoms with Crippen molar-refractivity contribution in [2.75, 3.05) is 19.8 Å². The zero-order valence-electron chi connectivity index (χ0n) is 22.7. The Kier molecular flexibility index (Phi) is 9.65. The number of allylic oxidation sites excluding steroid dienone is 1. The second kappa shape index (κ2) is 12.6. The molecule has 3 unspecified atom stereocenters. The summed E-state index contributed by atoms with van der Waals surface area (Å²) < 4.78 is 4.87. The number of fused-ring (bicyclic) bond motifs is 1. The maximum atomic E-state index is 14.5. The third kappa shape index (κ3) is 5.46.